The van der Waals surface area contributed by atoms with Crippen molar-refractivity contribution in [2.75, 3.05) is 26.4 Å². The van der Waals surface area contributed by atoms with Crippen LogP contribution in [0.25, 0.3) is 0 Å². The summed E-state index contributed by atoms with van der Waals surface area (Å²) in [5.41, 5.74) is 5.41. The quantitative estimate of drug-likeness (QED) is 0.763. The predicted octanol–water partition coefficient (Wildman–Crippen LogP) is 1.58. The molecule has 0 radical (unpaired) electrons. The SMILES string of the molecule is NCCCCOCC1COc2ccccc2O1. The van der Waals surface area contributed by atoms with Gasteiger partial charge in [-0.05, 0) is 31.5 Å². The molecule has 94 valence electrons. The third-order valence-electron chi connectivity index (χ3n) is 2.61. The van der Waals surface area contributed by atoms with Crippen molar-refractivity contribution in [2.45, 2.75) is 18.9 Å². The molecule has 0 aromatic heterocycles. The minimum atomic E-state index is -0.0113. The van der Waals surface area contributed by atoms with Crippen LogP contribution in [0.4, 0.5) is 0 Å². The minimum absolute atomic E-state index is 0.0113. The molecule has 1 aromatic carbocycles. The highest BCUT2D eigenvalue weighted by Gasteiger charge is 2.20. The van der Waals surface area contributed by atoms with Crippen molar-refractivity contribution in [1.82, 2.24) is 0 Å². The summed E-state index contributed by atoms with van der Waals surface area (Å²) in [5, 5.41) is 0. The molecule has 0 fully saturated rings. The van der Waals surface area contributed by atoms with Gasteiger partial charge in [-0.1, -0.05) is 12.1 Å². The van der Waals surface area contributed by atoms with E-state index in [1.165, 1.54) is 0 Å². The van der Waals surface area contributed by atoms with Gasteiger partial charge in [0.2, 0.25) is 0 Å². The van der Waals surface area contributed by atoms with Gasteiger partial charge in [0.1, 0.15) is 6.61 Å². The molecule has 1 aromatic rings. The van der Waals surface area contributed by atoms with E-state index < -0.39 is 0 Å². The van der Waals surface area contributed by atoms with Crippen molar-refractivity contribution >= 4 is 0 Å². The molecule has 1 aliphatic heterocycles. The van der Waals surface area contributed by atoms with Gasteiger partial charge in [0.15, 0.2) is 17.6 Å². The normalized spacial score (nSPS) is 18.1. The Morgan fingerprint density at radius 1 is 1.24 bits per heavy atom. The van der Waals surface area contributed by atoms with Crippen molar-refractivity contribution in [1.29, 1.82) is 0 Å². The van der Waals surface area contributed by atoms with E-state index >= 15 is 0 Å². The topological polar surface area (TPSA) is 53.7 Å². The van der Waals surface area contributed by atoms with Crippen LogP contribution < -0.4 is 15.2 Å². The lowest BCUT2D eigenvalue weighted by molar-refractivity contribution is 0.00800. The van der Waals surface area contributed by atoms with Gasteiger partial charge in [0.25, 0.3) is 0 Å². The standard InChI is InChI=1S/C13H19NO3/c14-7-3-4-8-15-9-11-10-16-12-5-1-2-6-13(12)17-11/h1-2,5-6,11H,3-4,7-10,14H2. The molecule has 0 amide bonds. The van der Waals surface area contributed by atoms with Crippen LogP contribution in [0.15, 0.2) is 24.3 Å². The van der Waals surface area contributed by atoms with E-state index in [9.17, 15) is 0 Å². The summed E-state index contributed by atoms with van der Waals surface area (Å²) in [5.74, 6) is 1.61. The highest BCUT2D eigenvalue weighted by atomic mass is 16.6. The van der Waals surface area contributed by atoms with Crippen LogP contribution in [-0.2, 0) is 4.74 Å². The van der Waals surface area contributed by atoms with E-state index in [4.69, 9.17) is 19.9 Å². The van der Waals surface area contributed by atoms with Crippen LogP contribution in [0, 0.1) is 0 Å². The van der Waals surface area contributed by atoms with Crippen molar-refractivity contribution in [2.24, 2.45) is 5.73 Å². The third kappa shape index (κ3) is 3.61. The summed E-state index contributed by atoms with van der Waals surface area (Å²) in [6.07, 6.45) is 1.99. The molecule has 1 unspecified atom stereocenters. The summed E-state index contributed by atoms with van der Waals surface area (Å²) in [7, 11) is 0. The van der Waals surface area contributed by atoms with Crippen LogP contribution in [0.2, 0.25) is 0 Å². The Balaban J connectivity index is 1.71. The van der Waals surface area contributed by atoms with E-state index in [1.54, 1.807) is 0 Å². The lowest BCUT2D eigenvalue weighted by atomic mass is 10.2. The molecule has 4 nitrogen and oxygen atoms in total. The van der Waals surface area contributed by atoms with Crippen LogP contribution in [0.1, 0.15) is 12.8 Å². The number of unbranched alkanes of at least 4 members (excludes halogenated alkanes) is 1. The van der Waals surface area contributed by atoms with Crippen LogP contribution in [-0.4, -0.2) is 32.5 Å². The zero-order chi connectivity index (χ0) is 11.9. The largest absolute Gasteiger partial charge is 0.486 e. The highest BCUT2D eigenvalue weighted by molar-refractivity contribution is 5.40. The fourth-order valence-electron chi connectivity index (χ4n) is 1.71. The van der Waals surface area contributed by atoms with Crippen LogP contribution >= 0.6 is 0 Å². The molecular weight excluding hydrogens is 218 g/mol. The van der Waals surface area contributed by atoms with E-state index in [1.807, 2.05) is 24.3 Å². The van der Waals surface area contributed by atoms with Crippen molar-refractivity contribution in [3.8, 4) is 11.5 Å². The highest BCUT2D eigenvalue weighted by Crippen LogP contribution is 2.30. The monoisotopic (exact) mass is 237 g/mol. The van der Waals surface area contributed by atoms with Gasteiger partial charge in [-0.15, -0.1) is 0 Å². The van der Waals surface area contributed by atoms with Crippen molar-refractivity contribution in [3.63, 3.8) is 0 Å². The lowest BCUT2D eigenvalue weighted by Crippen LogP contribution is -2.33. The van der Waals surface area contributed by atoms with Crippen molar-refractivity contribution < 1.29 is 14.2 Å². The lowest BCUT2D eigenvalue weighted by Gasteiger charge is -2.26. The number of rotatable bonds is 6. The predicted molar refractivity (Wildman–Crippen MR) is 65.5 cm³/mol. The molecule has 1 aliphatic rings. The fourth-order valence-corrected chi connectivity index (χ4v) is 1.71. The van der Waals surface area contributed by atoms with E-state index in [2.05, 4.69) is 0 Å². The first-order valence-electron chi connectivity index (χ1n) is 6.06. The maximum Gasteiger partial charge on any atom is 0.161 e. The summed E-state index contributed by atoms with van der Waals surface area (Å²) >= 11 is 0. The Morgan fingerprint density at radius 2 is 2.06 bits per heavy atom. The molecule has 0 aliphatic carbocycles. The summed E-state index contributed by atoms with van der Waals surface area (Å²) < 4.78 is 16.9. The van der Waals surface area contributed by atoms with Gasteiger partial charge in [-0.3, -0.25) is 0 Å². The molecular formula is C13H19NO3. The van der Waals surface area contributed by atoms with Crippen LogP contribution in [0.5, 0.6) is 11.5 Å². The smallest absolute Gasteiger partial charge is 0.161 e. The van der Waals surface area contributed by atoms with E-state index in [-0.39, 0.29) is 6.10 Å². The Hall–Kier alpha value is -1.26. The Bertz CT molecular complexity index is 343. The Morgan fingerprint density at radius 3 is 2.88 bits per heavy atom. The number of hydrogen-bond acceptors (Lipinski definition) is 4. The first kappa shape index (κ1) is 12.2. The molecule has 2 N–H and O–H groups in total. The number of nitrogens with two attached hydrogens (primary N) is 1. The molecule has 1 atom stereocenters. The van der Waals surface area contributed by atoms with Gasteiger partial charge in [-0.2, -0.15) is 0 Å². The Kier molecular flexibility index (Phi) is 4.64. The number of ether oxygens (including phenoxy) is 3. The molecule has 17 heavy (non-hydrogen) atoms. The van der Waals surface area contributed by atoms with Gasteiger partial charge < -0.3 is 19.9 Å². The van der Waals surface area contributed by atoms with Crippen molar-refractivity contribution in [3.05, 3.63) is 24.3 Å². The first-order valence-corrected chi connectivity index (χ1v) is 6.06. The number of hydrogen-bond donors (Lipinski definition) is 1. The van der Waals surface area contributed by atoms with E-state index in [0.29, 0.717) is 13.2 Å². The Labute approximate surface area is 102 Å². The molecule has 1 heterocycles. The average Bonchev–Trinajstić information content (AvgIpc) is 2.38. The zero-order valence-corrected chi connectivity index (χ0v) is 9.93. The second kappa shape index (κ2) is 6.47. The summed E-state index contributed by atoms with van der Waals surface area (Å²) in [6.45, 7) is 2.57. The molecule has 2 rings (SSSR count). The van der Waals surface area contributed by atoms with Gasteiger partial charge in [0.05, 0.1) is 6.61 Å². The summed E-state index contributed by atoms with van der Waals surface area (Å²) in [6, 6.07) is 7.70. The number of para-hydroxylation sites is 2. The van der Waals surface area contributed by atoms with Crippen LogP contribution in [0.3, 0.4) is 0 Å². The van der Waals surface area contributed by atoms with Gasteiger partial charge in [0, 0.05) is 6.61 Å². The fraction of sp³-hybridized carbons (Fsp3) is 0.538. The number of fused-ring (bicyclic) bond motifs is 1. The molecule has 0 saturated heterocycles. The first-order chi connectivity index (χ1) is 8.40. The minimum Gasteiger partial charge on any atom is -0.486 e. The zero-order valence-electron chi connectivity index (χ0n) is 9.93. The molecule has 0 spiro atoms. The second-order valence-corrected chi connectivity index (χ2v) is 4.07. The maximum atomic E-state index is 5.76. The molecule has 4 heteroatoms. The number of benzene rings is 1. The van der Waals surface area contributed by atoms with E-state index in [0.717, 1.165) is 37.5 Å². The molecule has 0 saturated carbocycles. The molecule has 0 bridgehead atoms. The van der Waals surface area contributed by atoms with Gasteiger partial charge >= 0.3 is 0 Å². The average molecular weight is 237 g/mol. The summed E-state index contributed by atoms with van der Waals surface area (Å²) in [4.78, 5) is 0. The third-order valence-corrected chi connectivity index (χ3v) is 2.61. The maximum absolute atomic E-state index is 5.76. The second-order valence-electron chi connectivity index (χ2n) is 4.07. The van der Waals surface area contributed by atoms with Gasteiger partial charge in [-0.25, -0.2) is 0 Å².